The van der Waals surface area contributed by atoms with Gasteiger partial charge < -0.3 is 15.4 Å². The fourth-order valence-corrected chi connectivity index (χ4v) is 4.66. The normalized spacial score (nSPS) is 16.0. The van der Waals surface area contributed by atoms with Crippen molar-refractivity contribution in [2.75, 3.05) is 23.8 Å². The molecule has 2 aromatic heterocycles. The number of aromatic nitrogens is 3. The zero-order valence-electron chi connectivity index (χ0n) is 18.4. The van der Waals surface area contributed by atoms with Crippen LogP contribution >= 0.6 is 12.2 Å². The van der Waals surface area contributed by atoms with Gasteiger partial charge in [0.1, 0.15) is 0 Å². The van der Waals surface area contributed by atoms with Gasteiger partial charge in [-0.25, -0.2) is 9.97 Å². The minimum Gasteiger partial charge on any atom is -0.381 e. The summed E-state index contributed by atoms with van der Waals surface area (Å²) in [4.78, 5) is 15.0. The van der Waals surface area contributed by atoms with Crippen LogP contribution in [0.5, 0.6) is 0 Å². The molecule has 5 rings (SSSR count). The van der Waals surface area contributed by atoms with E-state index in [2.05, 4.69) is 52.9 Å². The highest BCUT2D eigenvalue weighted by molar-refractivity contribution is 7.80. The van der Waals surface area contributed by atoms with E-state index in [1.54, 1.807) is 0 Å². The number of anilines is 3. The summed E-state index contributed by atoms with van der Waals surface area (Å²) in [6.07, 6.45) is 5.73. The topological polar surface area (TPSA) is 72.0 Å². The van der Waals surface area contributed by atoms with Crippen LogP contribution in [0.3, 0.4) is 0 Å². The SMILES string of the molecule is Cc1ccc2c(c1)NC(=S)Cc1cnc(Nc3ccc(CC4CCOCC4)nc3C)nc1-2. The van der Waals surface area contributed by atoms with Crippen LogP contribution in [0.2, 0.25) is 0 Å². The molecule has 1 aromatic carbocycles. The molecule has 2 N–H and O–H groups in total. The number of nitrogens with zero attached hydrogens (tertiary/aromatic N) is 3. The molecule has 0 aliphatic carbocycles. The van der Waals surface area contributed by atoms with Gasteiger partial charge in [0.05, 0.1) is 22.1 Å². The number of pyridine rings is 1. The largest absolute Gasteiger partial charge is 0.381 e. The number of nitrogens with one attached hydrogen (secondary N) is 2. The lowest BCUT2D eigenvalue weighted by atomic mass is 9.94. The van der Waals surface area contributed by atoms with Crippen LogP contribution in [-0.4, -0.2) is 33.2 Å². The van der Waals surface area contributed by atoms with Gasteiger partial charge in [0, 0.05) is 48.3 Å². The summed E-state index contributed by atoms with van der Waals surface area (Å²) in [5, 5.41) is 6.72. The molecule has 0 bridgehead atoms. The van der Waals surface area contributed by atoms with Crippen LogP contribution in [0, 0.1) is 19.8 Å². The predicted molar refractivity (Wildman–Crippen MR) is 132 cm³/mol. The Balaban J connectivity index is 1.40. The smallest absolute Gasteiger partial charge is 0.227 e. The van der Waals surface area contributed by atoms with E-state index in [0.29, 0.717) is 18.3 Å². The van der Waals surface area contributed by atoms with Crippen molar-refractivity contribution in [1.29, 1.82) is 0 Å². The molecule has 0 unspecified atom stereocenters. The molecule has 0 atom stereocenters. The first-order valence-corrected chi connectivity index (χ1v) is 11.5. The highest BCUT2D eigenvalue weighted by Gasteiger charge is 2.20. The van der Waals surface area contributed by atoms with Crippen molar-refractivity contribution in [2.45, 2.75) is 39.5 Å². The maximum Gasteiger partial charge on any atom is 0.227 e. The first-order chi connectivity index (χ1) is 15.5. The molecule has 3 aromatic rings. The molecule has 164 valence electrons. The Kier molecular flexibility index (Phi) is 5.85. The number of thiocarbonyl (C=S) groups is 1. The maximum absolute atomic E-state index is 5.52. The Labute approximate surface area is 193 Å². The second-order valence-corrected chi connectivity index (χ2v) is 9.15. The molecular formula is C25H27N5OS. The average molecular weight is 446 g/mol. The molecule has 0 amide bonds. The van der Waals surface area contributed by atoms with E-state index < -0.39 is 0 Å². The summed E-state index contributed by atoms with van der Waals surface area (Å²) in [6, 6.07) is 10.5. The minimum absolute atomic E-state index is 0.560. The molecule has 0 spiro atoms. The number of aryl methyl sites for hydroxylation is 2. The van der Waals surface area contributed by atoms with E-state index in [1.165, 1.54) is 5.56 Å². The van der Waals surface area contributed by atoms with Crippen molar-refractivity contribution in [3.63, 3.8) is 0 Å². The van der Waals surface area contributed by atoms with Gasteiger partial charge in [-0.3, -0.25) is 4.98 Å². The van der Waals surface area contributed by atoms with Gasteiger partial charge in [-0.05, 0) is 62.8 Å². The quantitative estimate of drug-likeness (QED) is 0.537. The molecular weight excluding hydrogens is 418 g/mol. The second kappa shape index (κ2) is 8.92. The molecule has 2 aliphatic rings. The molecule has 1 saturated heterocycles. The van der Waals surface area contributed by atoms with Gasteiger partial charge in [0.2, 0.25) is 5.95 Å². The van der Waals surface area contributed by atoms with Gasteiger partial charge in [0.25, 0.3) is 0 Å². The number of hydrogen-bond acceptors (Lipinski definition) is 6. The molecule has 6 nitrogen and oxygen atoms in total. The van der Waals surface area contributed by atoms with Crippen molar-refractivity contribution < 1.29 is 4.74 Å². The van der Waals surface area contributed by atoms with E-state index in [1.807, 2.05) is 13.1 Å². The minimum atomic E-state index is 0.560. The summed E-state index contributed by atoms with van der Waals surface area (Å²) < 4.78 is 5.47. The van der Waals surface area contributed by atoms with Gasteiger partial charge in [-0.2, -0.15) is 0 Å². The van der Waals surface area contributed by atoms with E-state index in [-0.39, 0.29) is 0 Å². The Bertz CT molecular complexity index is 1170. The Morgan fingerprint density at radius 2 is 1.97 bits per heavy atom. The molecule has 7 heteroatoms. The number of benzene rings is 1. The zero-order valence-corrected chi connectivity index (χ0v) is 19.3. The van der Waals surface area contributed by atoms with Crippen LogP contribution < -0.4 is 10.6 Å². The lowest BCUT2D eigenvalue weighted by Gasteiger charge is -2.21. The fourth-order valence-electron chi connectivity index (χ4n) is 4.39. The van der Waals surface area contributed by atoms with Crippen molar-refractivity contribution in [3.05, 3.63) is 59.0 Å². The monoisotopic (exact) mass is 445 g/mol. The second-order valence-electron chi connectivity index (χ2n) is 8.66. The molecule has 0 saturated carbocycles. The predicted octanol–water partition coefficient (Wildman–Crippen LogP) is 5.16. The van der Waals surface area contributed by atoms with E-state index >= 15 is 0 Å². The number of ether oxygens (including phenoxy) is 1. The summed E-state index contributed by atoms with van der Waals surface area (Å²) in [5.41, 5.74) is 8.15. The first kappa shape index (κ1) is 21.0. The van der Waals surface area contributed by atoms with Crippen molar-refractivity contribution in [2.24, 2.45) is 5.92 Å². The molecule has 0 radical (unpaired) electrons. The van der Waals surface area contributed by atoms with Gasteiger partial charge in [0.15, 0.2) is 0 Å². The fraction of sp³-hybridized carbons (Fsp3) is 0.360. The van der Waals surface area contributed by atoms with Crippen LogP contribution in [0.15, 0.2) is 36.5 Å². The Morgan fingerprint density at radius 1 is 1.12 bits per heavy atom. The number of hydrogen-bond donors (Lipinski definition) is 2. The van der Waals surface area contributed by atoms with Crippen molar-refractivity contribution in [1.82, 2.24) is 15.0 Å². The third-order valence-electron chi connectivity index (χ3n) is 6.15. The summed E-state index contributed by atoms with van der Waals surface area (Å²) in [7, 11) is 0. The Hall–Kier alpha value is -2.90. The molecule has 1 fully saturated rings. The van der Waals surface area contributed by atoms with Gasteiger partial charge in [-0.15, -0.1) is 0 Å². The summed E-state index contributed by atoms with van der Waals surface area (Å²) >= 11 is 5.52. The van der Waals surface area contributed by atoms with Crippen LogP contribution in [0.1, 0.15) is 35.4 Å². The van der Waals surface area contributed by atoms with Crippen molar-refractivity contribution >= 4 is 34.5 Å². The number of rotatable bonds is 4. The van der Waals surface area contributed by atoms with Gasteiger partial charge >= 0.3 is 0 Å². The van der Waals surface area contributed by atoms with Crippen molar-refractivity contribution in [3.8, 4) is 11.3 Å². The van der Waals surface area contributed by atoms with Crippen LogP contribution in [-0.2, 0) is 17.6 Å². The zero-order chi connectivity index (χ0) is 22.1. The average Bonchev–Trinajstić information content (AvgIpc) is 2.91. The molecule has 2 aliphatic heterocycles. The Morgan fingerprint density at radius 3 is 2.78 bits per heavy atom. The summed E-state index contributed by atoms with van der Waals surface area (Å²) in [5.74, 6) is 1.22. The van der Waals surface area contributed by atoms with Crippen LogP contribution in [0.4, 0.5) is 17.3 Å². The maximum atomic E-state index is 5.52. The van der Waals surface area contributed by atoms with E-state index in [4.69, 9.17) is 26.9 Å². The first-order valence-electron chi connectivity index (χ1n) is 11.1. The lowest BCUT2D eigenvalue weighted by Crippen LogP contribution is -2.18. The van der Waals surface area contributed by atoms with Gasteiger partial charge in [-0.1, -0.05) is 24.4 Å². The highest BCUT2D eigenvalue weighted by Crippen LogP contribution is 2.34. The highest BCUT2D eigenvalue weighted by atomic mass is 32.1. The standard InChI is InChI=1S/C25H27N5OS/c1-15-3-5-20-22(11-15)28-23(32)13-18-14-26-25(30-24(18)20)29-21-6-4-19(27-16(21)2)12-17-7-9-31-10-8-17/h3-6,11,14,17H,7-10,12-13H2,1-2H3,(H,28,32)(H,26,29,30). The third kappa shape index (κ3) is 4.49. The molecule has 32 heavy (non-hydrogen) atoms. The number of fused-ring (bicyclic) bond motifs is 3. The third-order valence-corrected chi connectivity index (χ3v) is 6.39. The summed E-state index contributed by atoms with van der Waals surface area (Å²) in [6.45, 7) is 5.83. The van der Waals surface area contributed by atoms with E-state index in [0.717, 1.165) is 77.0 Å². The van der Waals surface area contributed by atoms with E-state index in [9.17, 15) is 0 Å². The lowest BCUT2D eigenvalue weighted by molar-refractivity contribution is 0.0662. The van der Waals surface area contributed by atoms with Crippen LogP contribution in [0.25, 0.3) is 11.3 Å². The molecule has 4 heterocycles.